The van der Waals surface area contributed by atoms with Crippen LogP contribution in [0.5, 0.6) is 0 Å². The normalized spacial score (nSPS) is 11.6. The van der Waals surface area contributed by atoms with Gasteiger partial charge in [0.2, 0.25) is 11.9 Å². The van der Waals surface area contributed by atoms with Crippen LogP contribution in [-0.2, 0) is 5.41 Å². The molecule has 4 rings (SSSR count). The Balaban J connectivity index is 1.75. The summed E-state index contributed by atoms with van der Waals surface area (Å²) >= 11 is 0. The Morgan fingerprint density at radius 3 is 2.14 bits per heavy atom. The number of aromatic nitrogens is 4. The molecule has 0 bridgehead atoms. The largest absolute Gasteiger partial charge is 0.309 e. The van der Waals surface area contributed by atoms with Crippen molar-refractivity contribution in [2.24, 2.45) is 0 Å². The SMILES string of the molecule is CC(C)(c1cccc(-c2ccc(F)nc2F)n1)c1cccc(-n2cccc2)n1. The van der Waals surface area contributed by atoms with Gasteiger partial charge in [-0.3, -0.25) is 4.98 Å². The highest BCUT2D eigenvalue weighted by molar-refractivity contribution is 5.59. The van der Waals surface area contributed by atoms with E-state index in [0.29, 0.717) is 5.69 Å². The van der Waals surface area contributed by atoms with Gasteiger partial charge in [-0.25, -0.2) is 4.98 Å². The second-order valence-corrected chi connectivity index (χ2v) is 6.98. The fourth-order valence-electron chi connectivity index (χ4n) is 3.07. The quantitative estimate of drug-likeness (QED) is 0.474. The van der Waals surface area contributed by atoms with Crippen molar-refractivity contribution in [1.29, 1.82) is 0 Å². The Labute approximate surface area is 161 Å². The lowest BCUT2D eigenvalue weighted by Gasteiger charge is -2.24. The molecule has 0 aliphatic carbocycles. The lowest BCUT2D eigenvalue weighted by Crippen LogP contribution is -2.23. The van der Waals surface area contributed by atoms with E-state index in [1.54, 1.807) is 12.1 Å². The topological polar surface area (TPSA) is 43.6 Å². The van der Waals surface area contributed by atoms with E-state index in [0.717, 1.165) is 23.3 Å². The van der Waals surface area contributed by atoms with E-state index in [1.165, 1.54) is 6.07 Å². The fraction of sp³-hybridized carbons (Fsp3) is 0.136. The summed E-state index contributed by atoms with van der Waals surface area (Å²) < 4.78 is 29.2. The van der Waals surface area contributed by atoms with Crippen molar-refractivity contribution in [2.75, 3.05) is 0 Å². The van der Waals surface area contributed by atoms with E-state index in [4.69, 9.17) is 4.98 Å². The van der Waals surface area contributed by atoms with Gasteiger partial charge in [0.05, 0.1) is 22.6 Å². The summed E-state index contributed by atoms with van der Waals surface area (Å²) in [5.41, 5.74) is 1.60. The summed E-state index contributed by atoms with van der Waals surface area (Å²) in [5, 5.41) is 0. The van der Waals surface area contributed by atoms with Gasteiger partial charge >= 0.3 is 0 Å². The summed E-state index contributed by atoms with van der Waals surface area (Å²) in [6, 6.07) is 17.5. The third-order valence-electron chi connectivity index (χ3n) is 4.72. The van der Waals surface area contributed by atoms with Gasteiger partial charge in [-0.2, -0.15) is 13.8 Å². The highest BCUT2D eigenvalue weighted by atomic mass is 19.1. The molecule has 0 atom stereocenters. The molecule has 0 unspecified atom stereocenters. The molecule has 0 spiro atoms. The van der Waals surface area contributed by atoms with Crippen LogP contribution in [-0.4, -0.2) is 19.5 Å². The maximum Gasteiger partial charge on any atom is 0.224 e. The van der Waals surface area contributed by atoms with Gasteiger partial charge in [0.1, 0.15) is 5.82 Å². The molecule has 0 saturated carbocycles. The van der Waals surface area contributed by atoms with Crippen molar-refractivity contribution >= 4 is 0 Å². The minimum Gasteiger partial charge on any atom is -0.309 e. The predicted octanol–water partition coefficient (Wildman–Crippen LogP) is 4.93. The molecule has 140 valence electrons. The second kappa shape index (κ2) is 6.96. The van der Waals surface area contributed by atoms with Crippen molar-refractivity contribution in [1.82, 2.24) is 19.5 Å². The van der Waals surface area contributed by atoms with Crippen LogP contribution in [0.4, 0.5) is 8.78 Å². The Bertz CT molecular complexity index is 1120. The number of hydrogen-bond acceptors (Lipinski definition) is 3. The zero-order chi connectivity index (χ0) is 19.7. The molecule has 4 aromatic heterocycles. The number of hydrogen-bond donors (Lipinski definition) is 0. The predicted molar refractivity (Wildman–Crippen MR) is 103 cm³/mol. The fourth-order valence-corrected chi connectivity index (χ4v) is 3.07. The lowest BCUT2D eigenvalue weighted by molar-refractivity contribution is 0.514. The molecular formula is C22H18F2N4. The first-order valence-corrected chi connectivity index (χ1v) is 8.86. The lowest BCUT2D eigenvalue weighted by atomic mass is 9.84. The summed E-state index contributed by atoms with van der Waals surface area (Å²) in [6.45, 7) is 4.03. The highest BCUT2D eigenvalue weighted by Crippen LogP contribution is 2.31. The van der Waals surface area contributed by atoms with Gasteiger partial charge < -0.3 is 4.57 Å². The van der Waals surface area contributed by atoms with Gasteiger partial charge in [-0.15, -0.1) is 0 Å². The van der Waals surface area contributed by atoms with E-state index >= 15 is 0 Å². The number of nitrogens with zero attached hydrogens (tertiary/aromatic N) is 4. The summed E-state index contributed by atoms with van der Waals surface area (Å²) in [7, 11) is 0. The maximum absolute atomic E-state index is 14.1. The molecule has 6 heteroatoms. The van der Waals surface area contributed by atoms with Crippen molar-refractivity contribution in [3.63, 3.8) is 0 Å². The number of rotatable bonds is 4. The van der Waals surface area contributed by atoms with Crippen LogP contribution in [0.25, 0.3) is 17.1 Å². The van der Waals surface area contributed by atoms with E-state index in [-0.39, 0.29) is 5.56 Å². The van der Waals surface area contributed by atoms with Gasteiger partial charge in [0.25, 0.3) is 0 Å². The molecule has 0 amide bonds. The minimum atomic E-state index is -0.879. The van der Waals surface area contributed by atoms with Crippen LogP contribution in [0.1, 0.15) is 25.2 Å². The Morgan fingerprint density at radius 1 is 0.750 bits per heavy atom. The monoisotopic (exact) mass is 376 g/mol. The molecule has 0 radical (unpaired) electrons. The first-order chi connectivity index (χ1) is 13.4. The van der Waals surface area contributed by atoms with Crippen LogP contribution in [0.15, 0.2) is 73.1 Å². The molecule has 0 aliphatic heterocycles. The zero-order valence-corrected chi connectivity index (χ0v) is 15.5. The average molecular weight is 376 g/mol. The molecular weight excluding hydrogens is 358 g/mol. The van der Waals surface area contributed by atoms with Crippen LogP contribution in [0, 0.1) is 11.9 Å². The van der Waals surface area contributed by atoms with Crippen molar-refractivity contribution in [3.05, 3.63) is 96.3 Å². The van der Waals surface area contributed by atoms with E-state index < -0.39 is 17.3 Å². The van der Waals surface area contributed by atoms with E-state index in [1.807, 2.05) is 67.2 Å². The first kappa shape index (κ1) is 18.0. The van der Waals surface area contributed by atoms with E-state index in [2.05, 4.69) is 9.97 Å². The Morgan fingerprint density at radius 2 is 1.43 bits per heavy atom. The molecule has 4 aromatic rings. The van der Waals surface area contributed by atoms with Crippen LogP contribution in [0.3, 0.4) is 0 Å². The third-order valence-corrected chi connectivity index (χ3v) is 4.72. The van der Waals surface area contributed by atoms with Crippen LogP contribution < -0.4 is 0 Å². The Kier molecular flexibility index (Phi) is 4.47. The van der Waals surface area contributed by atoms with Crippen LogP contribution >= 0.6 is 0 Å². The molecule has 0 aromatic carbocycles. The van der Waals surface area contributed by atoms with Gasteiger partial charge in [-0.1, -0.05) is 12.1 Å². The molecule has 28 heavy (non-hydrogen) atoms. The van der Waals surface area contributed by atoms with Gasteiger partial charge in [0, 0.05) is 17.8 Å². The van der Waals surface area contributed by atoms with Crippen molar-refractivity contribution in [2.45, 2.75) is 19.3 Å². The smallest absolute Gasteiger partial charge is 0.224 e. The van der Waals surface area contributed by atoms with Crippen LogP contribution in [0.2, 0.25) is 0 Å². The molecule has 0 aliphatic rings. The summed E-state index contributed by atoms with van der Waals surface area (Å²) in [5.74, 6) is -0.931. The molecule has 4 heterocycles. The average Bonchev–Trinajstić information content (AvgIpc) is 3.23. The molecule has 0 fully saturated rings. The minimum absolute atomic E-state index is 0.160. The second-order valence-electron chi connectivity index (χ2n) is 6.98. The zero-order valence-electron chi connectivity index (χ0n) is 15.5. The van der Waals surface area contributed by atoms with Gasteiger partial charge in [-0.05, 0) is 62.4 Å². The van der Waals surface area contributed by atoms with Gasteiger partial charge in [0.15, 0.2) is 0 Å². The third kappa shape index (κ3) is 3.29. The van der Waals surface area contributed by atoms with Crippen molar-refractivity contribution < 1.29 is 8.78 Å². The molecule has 4 nitrogen and oxygen atoms in total. The molecule has 0 saturated heterocycles. The highest BCUT2D eigenvalue weighted by Gasteiger charge is 2.27. The molecule has 0 N–H and O–H groups in total. The summed E-state index contributed by atoms with van der Waals surface area (Å²) in [6.07, 6.45) is 3.87. The first-order valence-electron chi connectivity index (χ1n) is 8.86. The Hall–Kier alpha value is -3.41. The van der Waals surface area contributed by atoms with E-state index in [9.17, 15) is 8.78 Å². The number of halogens is 2. The summed E-state index contributed by atoms with van der Waals surface area (Å²) in [4.78, 5) is 12.7. The maximum atomic E-state index is 14.1. The van der Waals surface area contributed by atoms with Crippen molar-refractivity contribution in [3.8, 4) is 17.1 Å². The number of pyridine rings is 3. The standard InChI is InChI=1S/C22H18F2N4/c1-22(2,18-9-6-10-20(26-18)28-13-3-4-14-28)17-8-5-7-16(25-17)15-11-12-19(23)27-21(15)24/h3-14H,1-2H3.